The summed E-state index contributed by atoms with van der Waals surface area (Å²) in [5.74, 6) is 0.471. The first-order chi connectivity index (χ1) is 34.6. The molecule has 4 bridgehead atoms. The minimum atomic E-state index is -1.76. The van der Waals surface area contributed by atoms with E-state index in [0.29, 0.717) is 23.0 Å². The maximum Gasteiger partial charge on any atom is 0.252 e. The summed E-state index contributed by atoms with van der Waals surface area (Å²) in [6, 6.07) is 7.61. The third kappa shape index (κ3) is 7.41. The van der Waals surface area contributed by atoms with Gasteiger partial charge in [0.2, 0.25) is 0 Å². The molecule has 4 fully saturated rings. The second kappa shape index (κ2) is 18.5. The van der Waals surface area contributed by atoms with Gasteiger partial charge in [-0.2, -0.15) is 0 Å². The van der Waals surface area contributed by atoms with Crippen molar-refractivity contribution < 1.29 is 78.9 Å². The van der Waals surface area contributed by atoms with E-state index < -0.39 is 108 Å². The monoisotopic (exact) mass is 1040 g/mol. The summed E-state index contributed by atoms with van der Waals surface area (Å²) in [4.78, 5) is 31.5. The van der Waals surface area contributed by atoms with Crippen LogP contribution in [0.1, 0.15) is 35.1 Å². The zero-order chi connectivity index (χ0) is 50.1. The van der Waals surface area contributed by atoms with Crippen molar-refractivity contribution in [1.82, 2.24) is 20.4 Å². The number of phenols is 2. The van der Waals surface area contributed by atoms with E-state index in [4.69, 9.17) is 28.4 Å². The Kier molecular flexibility index (Phi) is 12.7. The van der Waals surface area contributed by atoms with Crippen LogP contribution < -0.4 is 20.1 Å². The molecule has 72 heavy (non-hydrogen) atoms. The van der Waals surface area contributed by atoms with E-state index in [2.05, 4.69) is 46.7 Å². The van der Waals surface area contributed by atoms with Crippen LogP contribution in [0.25, 0.3) is 0 Å². The van der Waals surface area contributed by atoms with Gasteiger partial charge in [-0.3, -0.25) is 9.59 Å². The first-order valence-corrected chi connectivity index (χ1v) is 27.4. The number of carbonyl (C=O) groups excluding carboxylic acids is 2. The number of carbonyl (C=O) groups is 2. The fourth-order valence-corrected chi connectivity index (χ4v) is 15.9. The molecule has 2 unspecified atom stereocenters. The Labute approximate surface area is 423 Å². The number of phenolic OH excluding ortho intramolecular Hbond substituents is 2. The molecule has 12 rings (SSSR count). The Bertz CT molecular complexity index is 2370. The quantitative estimate of drug-likeness (QED) is 0.0634. The number of nitrogens with zero attached hydrogens (tertiary/aromatic N) is 2. The largest absolute Gasteiger partial charge is 0.504 e. The van der Waals surface area contributed by atoms with E-state index in [1.807, 2.05) is 24.3 Å². The zero-order valence-electron chi connectivity index (χ0n) is 39.6. The summed E-state index contributed by atoms with van der Waals surface area (Å²) in [6.45, 7) is 1.89. The number of amides is 2. The maximum atomic E-state index is 13.4. The molecule has 4 aliphatic carbocycles. The van der Waals surface area contributed by atoms with Gasteiger partial charge in [-0.15, -0.1) is 0 Å². The molecule has 20 nitrogen and oxygen atoms in total. The van der Waals surface area contributed by atoms with Crippen molar-refractivity contribution in [2.24, 2.45) is 11.8 Å². The van der Waals surface area contributed by atoms with Gasteiger partial charge in [0.1, 0.15) is 61.0 Å². The number of likely N-dealkylation sites (tertiary alicyclic amines) is 2. The standard InChI is InChI=1S/C50H62N4O16S2/c1-53-15-11-49-23-5-9-29(43(49)67-39-27(55)7-3-21(31(39)49)19-25(23)53)65-47-37(61)33(57)35(59)41(69-47)45(63)51-13-17-71-72-18-14-52-46(64)42-36(60)34(58)38(62)48(70-42)66-30-10-6-24-26-20-22-4-8-28(56)40-32(22)50(24,44(30)68-40)12-16-54(26)2/h3-10,23-26,29-30,33-38,41-44,47-48,55-62H,11-20H2,1-2H3,(H,51,63)(H,52,64)/t23?,24?,25-,26-,29+,30+,33+,34+,35+,36+,37-,38-,41+,42+,43+,44+,47-,48-,49+,50+/m1/s1. The van der Waals surface area contributed by atoms with Crippen LogP contribution in [0.4, 0.5) is 0 Å². The van der Waals surface area contributed by atoms with Crippen LogP contribution in [0.2, 0.25) is 0 Å². The predicted molar refractivity (Wildman–Crippen MR) is 257 cm³/mol. The van der Waals surface area contributed by atoms with Crippen LogP contribution in [0, 0.1) is 11.8 Å². The number of rotatable bonds is 13. The minimum Gasteiger partial charge on any atom is -0.504 e. The van der Waals surface area contributed by atoms with Gasteiger partial charge in [0.25, 0.3) is 11.8 Å². The van der Waals surface area contributed by atoms with Crippen LogP contribution in [0.5, 0.6) is 23.0 Å². The Morgan fingerprint density at radius 3 is 1.46 bits per heavy atom. The molecular weight excluding hydrogens is 977 g/mol. The summed E-state index contributed by atoms with van der Waals surface area (Å²) < 4.78 is 37.6. The Morgan fingerprint density at radius 1 is 0.625 bits per heavy atom. The highest BCUT2D eigenvalue weighted by Gasteiger charge is 2.67. The lowest BCUT2D eigenvalue weighted by molar-refractivity contribution is -0.304. The lowest BCUT2D eigenvalue weighted by atomic mass is 9.53. The van der Waals surface area contributed by atoms with Gasteiger partial charge in [-0.1, -0.05) is 58.0 Å². The van der Waals surface area contributed by atoms with Crippen molar-refractivity contribution in [3.63, 3.8) is 0 Å². The normalized spacial score (nSPS) is 42.8. The molecule has 0 saturated carbocycles. The van der Waals surface area contributed by atoms with Gasteiger partial charge in [0.15, 0.2) is 47.8 Å². The molecule has 6 aliphatic heterocycles. The average Bonchev–Trinajstić information content (AvgIpc) is 3.92. The van der Waals surface area contributed by atoms with Gasteiger partial charge >= 0.3 is 0 Å². The lowest BCUT2D eigenvalue weighted by Gasteiger charge is -2.57. The number of aliphatic hydroxyl groups excluding tert-OH is 6. The van der Waals surface area contributed by atoms with E-state index >= 15 is 0 Å². The number of piperidine rings is 2. The lowest BCUT2D eigenvalue weighted by Crippen LogP contribution is -2.66. The van der Waals surface area contributed by atoms with Crippen LogP contribution >= 0.6 is 21.6 Å². The number of nitrogens with one attached hydrogen (secondary N) is 2. The molecule has 2 spiro atoms. The number of benzene rings is 2. The third-order valence-corrected chi connectivity index (χ3v) is 20.0. The van der Waals surface area contributed by atoms with Crippen molar-refractivity contribution in [3.8, 4) is 23.0 Å². The van der Waals surface area contributed by atoms with Crippen molar-refractivity contribution in [3.05, 3.63) is 70.8 Å². The predicted octanol–water partition coefficient (Wildman–Crippen LogP) is -1.31. The summed E-state index contributed by atoms with van der Waals surface area (Å²) in [5, 5.41) is 92.9. The molecule has 4 saturated heterocycles. The smallest absolute Gasteiger partial charge is 0.252 e. The van der Waals surface area contributed by atoms with Crippen LogP contribution in [0.15, 0.2) is 48.6 Å². The molecule has 0 radical (unpaired) electrons. The van der Waals surface area contributed by atoms with E-state index in [-0.39, 0.29) is 48.5 Å². The van der Waals surface area contributed by atoms with Crippen molar-refractivity contribution >= 4 is 33.4 Å². The molecule has 2 amide bonds. The highest BCUT2D eigenvalue weighted by Crippen LogP contribution is 2.64. The van der Waals surface area contributed by atoms with Crippen molar-refractivity contribution in [2.45, 2.75) is 134 Å². The highest BCUT2D eigenvalue weighted by molar-refractivity contribution is 8.76. The maximum absolute atomic E-state index is 13.4. The second-order valence-electron chi connectivity index (χ2n) is 21.1. The van der Waals surface area contributed by atoms with Gasteiger partial charge in [0, 0.05) is 70.5 Å². The first-order valence-electron chi connectivity index (χ1n) is 24.9. The van der Waals surface area contributed by atoms with E-state index in [0.717, 1.165) is 61.0 Å². The molecule has 10 aliphatic rings. The topological polar surface area (TPSA) is 282 Å². The van der Waals surface area contributed by atoms with Gasteiger partial charge in [-0.25, -0.2) is 0 Å². The number of likely N-dealkylation sites (N-methyl/N-ethyl adjacent to an activating group) is 2. The fraction of sp³-hybridized carbons (Fsp3) is 0.640. The molecule has 20 atom stereocenters. The van der Waals surface area contributed by atoms with Gasteiger partial charge in [0.05, 0.1) is 0 Å². The zero-order valence-corrected chi connectivity index (χ0v) is 41.3. The van der Waals surface area contributed by atoms with Gasteiger partial charge in [-0.05, 0) is 76.1 Å². The summed E-state index contributed by atoms with van der Waals surface area (Å²) in [6.07, 6.45) is -8.29. The number of ether oxygens (including phenoxy) is 6. The Balaban J connectivity index is 0.612. The van der Waals surface area contributed by atoms with Crippen LogP contribution in [0.3, 0.4) is 0 Å². The molecular formula is C50H62N4O16S2. The summed E-state index contributed by atoms with van der Waals surface area (Å²) in [7, 11) is 7.00. The molecule has 2 aromatic rings. The fourth-order valence-electron chi connectivity index (χ4n) is 14.1. The number of aromatic hydroxyl groups is 2. The molecule has 6 heterocycles. The molecule has 390 valence electrons. The number of hydrogen-bond donors (Lipinski definition) is 10. The number of hydrogen-bond acceptors (Lipinski definition) is 20. The number of aliphatic hydroxyl groups is 6. The van der Waals surface area contributed by atoms with Crippen LogP contribution in [-0.2, 0) is 52.2 Å². The van der Waals surface area contributed by atoms with E-state index in [1.165, 1.54) is 21.6 Å². The first kappa shape index (κ1) is 49.2. The van der Waals surface area contributed by atoms with Crippen LogP contribution in [-0.4, -0.2) is 212 Å². The second-order valence-corrected chi connectivity index (χ2v) is 23.8. The summed E-state index contributed by atoms with van der Waals surface area (Å²) >= 11 is 0. The SMILES string of the molecule is CN1CC[C@]23c4c5ccc(O)c4O[C@H]2[C@@H](O[C@@H]2O[C@H](C(=O)NCCSSCCNC(=O)[C@H]4O[C@@H](O[C@H]6C=CC7[C@H]8Cc9ccc(O)c%10c9[C@@]7(CCN8C)[C@H]6O%10)[C@H](O)[C@@H](O)[C@@H]4O)[C@@H](O)[C@H](O)[C@H]2O)C=CC3[C@H]1C5. The molecule has 10 N–H and O–H groups in total. The third-order valence-electron chi connectivity index (χ3n) is 17.6. The van der Waals surface area contributed by atoms with Crippen molar-refractivity contribution in [1.29, 1.82) is 0 Å². The Morgan fingerprint density at radius 2 is 1.04 bits per heavy atom. The van der Waals surface area contributed by atoms with E-state index in [9.17, 15) is 50.4 Å². The van der Waals surface area contributed by atoms with Crippen molar-refractivity contribution in [2.75, 3.05) is 51.8 Å². The minimum absolute atomic E-state index is 0.0399. The molecule has 22 heteroatoms. The molecule has 0 aromatic heterocycles. The summed E-state index contributed by atoms with van der Waals surface area (Å²) in [5.41, 5.74) is 3.18. The Hall–Kier alpha value is -3.72. The molecule has 2 aromatic carbocycles. The van der Waals surface area contributed by atoms with E-state index in [1.54, 1.807) is 12.1 Å². The average molecular weight is 1040 g/mol. The highest BCUT2D eigenvalue weighted by atomic mass is 33.1. The van der Waals surface area contributed by atoms with Gasteiger partial charge < -0.3 is 89.7 Å².